The predicted molar refractivity (Wildman–Crippen MR) is 348 cm³/mol. The summed E-state index contributed by atoms with van der Waals surface area (Å²) in [4.78, 5) is 38.2. The van der Waals surface area contributed by atoms with E-state index in [2.05, 4.69) is 106 Å². The van der Waals surface area contributed by atoms with Crippen LogP contribution in [0.2, 0.25) is 0 Å². The first-order chi connectivity index (χ1) is 39.5. The van der Waals surface area contributed by atoms with Gasteiger partial charge in [0, 0.05) is 19.3 Å². The average molecular weight is 1120 g/mol. The Morgan fingerprint density at radius 3 is 0.762 bits per heavy atom. The van der Waals surface area contributed by atoms with E-state index in [4.69, 9.17) is 14.2 Å². The molecule has 0 rings (SSSR count). The van der Waals surface area contributed by atoms with E-state index < -0.39 is 6.10 Å². The molecule has 1 unspecified atom stereocenters. The predicted octanol–water partition coefficient (Wildman–Crippen LogP) is 23.8. The maximum absolute atomic E-state index is 12.9. The van der Waals surface area contributed by atoms with Crippen molar-refractivity contribution in [3.63, 3.8) is 0 Å². The Balaban J connectivity index is 4.10. The minimum Gasteiger partial charge on any atom is -0.462 e. The summed E-state index contributed by atoms with van der Waals surface area (Å²) < 4.78 is 16.9. The third-order valence-electron chi connectivity index (χ3n) is 15.1. The van der Waals surface area contributed by atoms with Crippen molar-refractivity contribution in [3.8, 4) is 0 Å². The van der Waals surface area contributed by atoms with Gasteiger partial charge in [-0.25, -0.2) is 0 Å². The molecule has 0 aromatic carbocycles. The fraction of sp³-hybridized carbons (Fsp3) is 0.770. The van der Waals surface area contributed by atoms with Gasteiger partial charge in [0.2, 0.25) is 0 Å². The molecule has 462 valence electrons. The maximum Gasteiger partial charge on any atom is 0.306 e. The molecule has 0 aliphatic rings. The summed E-state index contributed by atoms with van der Waals surface area (Å²) >= 11 is 0. The van der Waals surface area contributed by atoms with Crippen molar-refractivity contribution >= 4 is 17.9 Å². The highest BCUT2D eigenvalue weighted by Gasteiger charge is 2.19. The topological polar surface area (TPSA) is 78.9 Å². The Labute approximate surface area is 496 Å². The molecule has 0 aliphatic carbocycles. The lowest BCUT2D eigenvalue weighted by molar-refractivity contribution is -0.167. The number of rotatable bonds is 63. The van der Waals surface area contributed by atoms with E-state index >= 15 is 0 Å². The van der Waals surface area contributed by atoms with Gasteiger partial charge in [0.15, 0.2) is 6.10 Å². The fourth-order valence-corrected chi connectivity index (χ4v) is 9.97. The largest absolute Gasteiger partial charge is 0.462 e. The van der Waals surface area contributed by atoms with Crippen molar-refractivity contribution in [1.82, 2.24) is 0 Å². The molecule has 0 heterocycles. The second-order valence-electron chi connectivity index (χ2n) is 23.1. The quantitative estimate of drug-likeness (QED) is 0.0261. The Bertz CT molecular complexity index is 1520. The summed E-state index contributed by atoms with van der Waals surface area (Å²) in [6.07, 6.45) is 90.6. The number of carbonyl (C=O) groups is 3. The van der Waals surface area contributed by atoms with E-state index in [0.29, 0.717) is 19.3 Å². The monoisotopic (exact) mass is 1110 g/mol. The third kappa shape index (κ3) is 65.4. The zero-order valence-electron chi connectivity index (χ0n) is 53.1. The maximum atomic E-state index is 12.9. The molecule has 0 N–H and O–H groups in total. The molecule has 0 bridgehead atoms. The number of esters is 3. The Morgan fingerprint density at radius 1 is 0.263 bits per heavy atom. The smallest absolute Gasteiger partial charge is 0.306 e. The second kappa shape index (κ2) is 68.1. The zero-order valence-corrected chi connectivity index (χ0v) is 53.1. The van der Waals surface area contributed by atoms with Crippen molar-refractivity contribution < 1.29 is 28.6 Å². The number of allylic oxidation sites excluding steroid dienone is 14. The van der Waals surface area contributed by atoms with E-state index in [1.165, 1.54) is 205 Å². The molecule has 0 fully saturated rings. The first-order valence-corrected chi connectivity index (χ1v) is 34.6. The van der Waals surface area contributed by atoms with Gasteiger partial charge in [0.1, 0.15) is 13.2 Å². The van der Waals surface area contributed by atoms with E-state index in [0.717, 1.165) is 103 Å². The van der Waals surface area contributed by atoms with Gasteiger partial charge in [-0.1, -0.05) is 318 Å². The molecular formula is C74H130O6. The molecule has 0 aromatic rings. The summed E-state index contributed by atoms with van der Waals surface area (Å²) in [5, 5.41) is 0. The lowest BCUT2D eigenvalue weighted by Gasteiger charge is -2.18. The van der Waals surface area contributed by atoms with Crippen molar-refractivity contribution in [1.29, 1.82) is 0 Å². The number of hydrogen-bond acceptors (Lipinski definition) is 6. The number of hydrogen-bond donors (Lipinski definition) is 0. The Kier molecular flexibility index (Phi) is 65.2. The first kappa shape index (κ1) is 76.6. The van der Waals surface area contributed by atoms with E-state index in [9.17, 15) is 14.4 Å². The van der Waals surface area contributed by atoms with Gasteiger partial charge in [0.05, 0.1) is 0 Å². The summed E-state index contributed by atoms with van der Waals surface area (Å²) in [6.45, 7) is 6.52. The summed E-state index contributed by atoms with van der Waals surface area (Å²) in [5.74, 6) is -0.870. The van der Waals surface area contributed by atoms with Crippen LogP contribution in [-0.4, -0.2) is 37.2 Å². The number of unbranched alkanes of at least 4 members (excludes halogenated alkanes) is 38. The average Bonchev–Trinajstić information content (AvgIpc) is 3.46. The molecular weight excluding hydrogens is 985 g/mol. The van der Waals surface area contributed by atoms with E-state index in [1.54, 1.807) is 0 Å². The van der Waals surface area contributed by atoms with Crippen LogP contribution >= 0.6 is 0 Å². The standard InChI is InChI=1S/C74H130O6/c1-4-7-10-13-16-19-21-23-25-27-29-31-33-34-35-36-37-38-39-40-42-43-45-47-49-51-53-55-58-61-64-67-73(76)79-70-71(69-78-72(75)66-63-60-57-18-15-12-9-6-3)80-74(77)68-65-62-59-56-54-52-50-48-46-44-41-32-30-28-26-24-22-20-17-14-11-8-5-2/h7,10,16,19,22-25,28-31,41,44,71H,4-6,8-9,11-15,17-18,20-21,26-27,32-40,42-43,45-70H2,1-3H3/b10-7-,19-16-,24-22-,25-23-,30-28-,31-29-,44-41-. The molecule has 6 nitrogen and oxygen atoms in total. The van der Waals surface area contributed by atoms with Gasteiger partial charge in [-0.2, -0.15) is 0 Å². The SMILES string of the molecule is CC/C=C\C/C=C\C/C=C\C/C=C\CCCCCCCCCCCCCCCCCCCCC(=O)OCC(COC(=O)CCCCCCCCCC)OC(=O)CCCCCCCCCC/C=C\C/C=C\C/C=C\CCCCCCC. The minimum absolute atomic E-state index is 0.0751. The van der Waals surface area contributed by atoms with Gasteiger partial charge in [0.25, 0.3) is 0 Å². The van der Waals surface area contributed by atoms with Crippen LogP contribution in [0.25, 0.3) is 0 Å². The highest BCUT2D eigenvalue weighted by atomic mass is 16.6. The highest BCUT2D eigenvalue weighted by Crippen LogP contribution is 2.17. The molecule has 0 spiro atoms. The number of carbonyl (C=O) groups excluding carboxylic acids is 3. The Hall–Kier alpha value is -3.41. The van der Waals surface area contributed by atoms with Crippen molar-refractivity contribution in [2.45, 2.75) is 354 Å². The van der Waals surface area contributed by atoms with E-state index in [-0.39, 0.29) is 31.1 Å². The van der Waals surface area contributed by atoms with Crippen LogP contribution in [0.3, 0.4) is 0 Å². The van der Waals surface area contributed by atoms with Crippen molar-refractivity contribution in [3.05, 3.63) is 85.1 Å². The van der Waals surface area contributed by atoms with Gasteiger partial charge in [-0.15, -0.1) is 0 Å². The fourth-order valence-electron chi connectivity index (χ4n) is 9.97. The van der Waals surface area contributed by atoms with E-state index in [1.807, 2.05) is 0 Å². The molecule has 0 saturated heterocycles. The highest BCUT2D eigenvalue weighted by molar-refractivity contribution is 5.71. The lowest BCUT2D eigenvalue weighted by atomic mass is 10.0. The molecule has 0 aromatic heterocycles. The zero-order chi connectivity index (χ0) is 57.8. The van der Waals surface area contributed by atoms with Crippen LogP contribution in [0.1, 0.15) is 348 Å². The van der Waals surface area contributed by atoms with Gasteiger partial charge in [-0.05, 0) is 96.3 Å². The van der Waals surface area contributed by atoms with Gasteiger partial charge >= 0.3 is 17.9 Å². The van der Waals surface area contributed by atoms with Crippen LogP contribution < -0.4 is 0 Å². The normalized spacial score (nSPS) is 12.6. The molecule has 80 heavy (non-hydrogen) atoms. The summed E-state index contributed by atoms with van der Waals surface area (Å²) in [6, 6.07) is 0. The number of ether oxygens (including phenoxy) is 3. The minimum atomic E-state index is -0.777. The van der Waals surface area contributed by atoms with Gasteiger partial charge in [-0.3, -0.25) is 14.4 Å². The van der Waals surface area contributed by atoms with Gasteiger partial charge < -0.3 is 14.2 Å². The Morgan fingerprint density at radius 2 is 0.487 bits per heavy atom. The molecule has 6 heteroatoms. The van der Waals surface area contributed by atoms with Crippen LogP contribution in [-0.2, 0) is 28.6 Å². The molecule has 0 amide bonds. The van der Waals surface area contributed by atoms with Crippen LogP contribution in [0.15, 0.2) is 85.1 Å². The van der Waals surface area contributed by atoms with Crippen LogP contribution in [0.5, 0.6) is 0 Å². The lowest BCUT2D eigenvalue weighted by Crippen LogP contribution is -2.30. The second-order valence-corrected chi connectivity index (χ2v) is 23.1. The van der Waals surface area contributed by atoms with Crippen LogP contribution in [0.4, 0.5) is 0 Å². The molecule has 0 saturated carbocycles. The molecule has 1 atom stereocenters. The summed E-state index contributed by atoms with van der Waals surface area (Å²) in [5.41, 5.74) is 0. The third-order valence-corrected chi connectivity index (χ3v) is 15.1. The van der Waals surface area contributed by atoms with Crippen LogP contribution in [0, 0.1) is 0 Å². The molecule has 0 aliphatic heterocycles. The molecule has 0 radical (unpaired) electrons. The summed E-state index contributed by atoms with van der Waals surface area (Å²) in [7, 11) is 0. The van der Waals surface area contributed by atoms with Crippen molar-refractivity contribution in [2.75, 3.05) is 13.2 Å². The van der Waals surface area contributed by atoms with Crippen molar-refractivity contribution in [2.24, 2.45) is 0 Å². The first-order valence-electron chi connectivity index (χ1n) is 34.6.